The molecule has 1 aliphatic heterocycles. The Hall–Kier alpha value is -1.14. The minimum atomic E-state index is 0.109. The Kier molecular flexibility index (Phi) is 8.39. The molecule has 0 atom stereocenters. The topological polar surface area (TPSA) is 53.6 Å². The maximum Gasteiger partial charge on any atom is 0.221 e. The highest BCUT2D eigenvalue weighted by molar-refractivity contribution is 6.30. The Morgan fingerprint density at radius 2 is 1.87 bits per heavy atom. The van der Waals surface area contributed by atoms with Gasteiger partial charge in [0, 0.05) is 44.2 Å². The van der Waals surface area contributed by atoms with Crippen molar-refractivity contribution in [1.29, 1.82) is 0 Å². The molecular formula is C17H26ClN3O2. The van der Waals surface area contributed by atoms with Crippen molar-refractivity contribution in [3.05, 3.63) is 34.9 Å². The number of hydrogen-bond donors (Lipinski definition) is 2. The molecule has 1 aliphatic rings. The third-order valence-corrected chi connectivity index (χ3v) is 4.14. The molecule has 1 heterocycles. The van der Waals surface area contributed by atoms with Gasteiger partial charge in [-0.3, -0.25) is 9.69 Å². The Morgan fingerprint density at radius 3 is 2.61 bits per heavy atom. The van der Waals surface area contributed by atoms with E-state index < -0.39 is 0 Å². The maximum absolute atomic E-state index is 11.7. The Balaban J connectivity index is 1.45. The summed E-state index contributed by atoms with van der Waals surface area (Å²) in [5.41, 5.74) is 1.25. The van der Waals surface area contributed by atoms with E-state index in [0.717, 1.165) is 50.8 Å². The summed E-state index contributed by atoms with van der Waals surface area (Å²) in [5.74, 6) is 0.109. The number of carbonyl (C=O) groups is 1. The highest BCUT2D eigenvalue weighted by atomic mass is 35.5. The van der Waals surface area contributed by atoms with Crippen molar-refractivity contribution in [3.8, 4) is 0 Å². The first-order chi connectivity index (χ1) is 11.2. The third-order valence-electron chi connectivity index (χ3n) is 3.89. The fourth-order valence-electron chi connectivity index (χ4n) is 2.48. The summed E-state index contributed by atoms with van der Waals surface area (Å²) >= 11 is 5.85. The van der Waals surface area contributed by atoms with E-state index in [1.165, 1.54) is 5.56 Å². The predicted octanol–water partition coefficient (Wildman–Crippen LogP) is 1.31. The first kappa shape index (κ1) is 18.2. The quantitative estimate of drug-likeness (QED) is 0.666. The summed E-state index contributed by atoms with van der Waals surface area (Å²) in [6.45, 7) is 6.70. The average Bonchev–Trinajstić information content (AvgIpc) is 2.57. The van der Waals surface area contributed by atoms with Gasteiger partial charge in [-0.2, -0.15) is 0 Å². The van der Waals surface area contributed by atoms with Crippen molar-refractivity contribution in [1.82, 2.24) is 15.5 Å². The van der Waals surface area contributed by atoms with Gasteiger partial charge < -0.3 is 15.4 Å². The van der Waals surface area contributed by atoms with Gasteiger partial charge in [-0.05, 0) is 30.7 Å². The molecule has 1 aromatic carbocycles. The number of benzene rings is 1. The van der Waals surface area contributed by atoms with Crippen LogP contribution in [0.5, 0.6) is 0 Å². The molecule has 1 amide bonds. The summed E-state index contributed by atoms with van der Waals surface area (Å²) < 4.78 is 5.30. The highest BCUT2D eigenvalue weighted by Crippen LogP contribution is 2.09. The number of morpholine rings is 1. The van der Waals surface area contributed by atoms with Gasteiger partial charge in [0.15, 0.2) is 0 Å². The summed E-state index contributed by atoms with van der Waals surface area (Å²) in [4.78, 5) is 14.1. The molecule has 0 radical (unpaired) electrons. The van der Waals surface area contributed by atoms with E-state index in [2.05, 4.69) is 15.5 Å². The van der Waals surface area contributed by atoms with Crippen molar-refractivity contribution < 1.29 is 9.53 Å². The first-order valence-electron chi connectivity index (χ1n) is 8.26. The van der Waals surface area contributed by atoms with Gasteiger partial charge in [0.2, 0.25) is 5.91 Å². The average molecular weight is 340 g/mol. The monoisotopic (exact) mass is 339 g/mol. The van der Waals surface area contributed by atoms with Crippen molar-refractivity contribution in [2.45, 2.75) is 12.8 Å². The van der Waals surface area contributed by atoms with Crippen LogP contribution in [0.1, 0.15) is 12.0 Å². The second kappa shape index (κ2) is 10.6. The Bertz CT molecular complexity index is 461. The van der Waals surface area contributed by atoms with E-state index in [1.807, 2.05) is 24.3 Å². The number of ether oxygens (including phenoxy) is 1. The minimum Gasteiger partial charge on any atom is -0.379 e. The van der Waals surface area contributed by atoms with E-state index in [0.29, 0.717) is 19.5 Å². The molecule has 1 saturated heterocycles. The second-order valence-electron chi connectivity index (χ2n) is 5.68. The van der Waals surface area contributed by atoms with E-state index in [1.54, 1.807) is 0 Å². The number of hydrogen-bond acceptors (Lipinski definition) is 4. The molecule has 1 aromatic rings. The summed E-state index contributed by atoms with van der Waals surface area (Å²) in [5, 5.41) is 7.03. The molecule has 0 unspecified atom stereocenters. The fraction of sp³-hybridized carbons (Fsp3) is 0.588. The highest BCUT2D eigenvalue weighted by Gasteiger charge is 2.09. The number of nitrogens with one attached hydrogen (secondary N) is 2. The van der Waals surface area contributed by atoms with Crippen LogP contribution >= 0.6 is 11.6 Å². The van der Waals surface area contributed by atoms with Crippen LogP contribution in [0.3, 0.4) is 0 Å². The van der Waals surface area contributed by atoms with Crippen LogP contribution in [0.4, 0.5) is 0 Å². The number of halogens is 1. The van der Waals surface area contributed by atoms with Crippen molar-refractivity contribution in [3.63, 3.8) is 0 Å². The summed E-state index contributed by atoms with van der Waals surface area (Å²) in [6.07, 6.45) is 1.46. The molecule has 0 bridgehead atoms. The van der Waals surface area contributed by atoms with E-state index >= 15 is 0 Å². The summed E-state index contributed by atoms with van der Waals surface area (Å²) in [6, 6.07) is 7.86. The van der Waals surface area contributed by atoms with Gasteiger partial charge in [-0.25, -0.2) is 0 Å². The molecular weight excluding hydrogens is 314 g/mol. The lowest BCUT2D eigenvalue weighted by atomic mass is 10.1. The molecule has 0 aromatic heterocycles. The molecule has 0 spiro atoms. The van der Waals surface area contributed by atoms with Gasteiger partial charge >= 0.3 is 0 Å². The summed E-state index contributed by atoms with van der Waals surface area (Å²) in [7, 11) is 0. The molecule has 2 N–H and O–H groups in total. The van der Waals surface area contributed by atoms with Crippen molar-refractivity contribution >= 4 is 17.5 Å². The second-order valence-corrected chi connectivity index (χ2v) is 6.12. The normalized spacial score (nSPS) is 15.5. The smallest absolute Gasteiger partial charge is 0.221 e. The largest absolute Gasteiger partial charge is 0.379 e. The first-order valence-corrected chi connectivity index (χ1v) is 8.64. The molecule has 2 rings (SSSR count). The van der Waals surface area contributed by atoms with Crippen LogP contribution in [-0.2, 0) is 16.0 Å². The Labute approximate surface area is 143 Å². The van der Waals surface area contributed by atoms with Crippen molar-refractivity contribution in [2.75, 3.05) is 52.5 Å². The SMILES string of the molecule is O=C(CCNCCc1ccc(Cl)cc1)NCCN1CCOCC1. The van der Waals surface area contributed by atoms with Crippen LogP contribution in [0.2, 0.25) is 5.02 Å². The standard InChI is InChI=1S/C17H26ClN3O2/c18-16-3-1-15(2-4-16)5-7-19-8-6-17(22)20-9-10-21-11-13-23-14-12-21/h1-4,19H,5-14H2,(H,20,22). The van der Waals surface area contributed by atoms with Crippen LogP contribution in [-0.4, -0.2) is 63.3 Å². The van der Waals surface area contributed by atoms with E-state index in [-0.39, 0.29) is 5.91 Å². The number of amides is 1. The van der Waals surface area contributed by atoms with Crippen LogP contribution in [0, 0.1) is 0 Å². The molecule has 23 heavy (non-hydrogen) atoms. The van der Waals surface area contributed by atoms with Gasteiger partial charge in [0.25, 0.3) is 0 Å². The lowest BCUT2D eigenvalue weighted by Gasteiger charge is -2.26. The third kappa shape index (κ3) is 7.79. The predicted molar refractivity (Wildman–Crippen MR) is 92.9 cm³/mol. The lowest BCUT2D eigenvalue weighted by molar-refractivity contribution is -0.121. The Morgan fingerprint density at radius 1 is 1.13 bits per heavy atom. The molecule has 5 nitrogen and oxygen atoms in total. The minimum absolute atomic E-state index is 0.109. The van der Waals surface area contributed by atoms with E-state index in [9.17, 15) is 4.79 Å². The molecule has 128 valence electrons. The van der Waals surface area contributed by atoms with E-state index in [4.69, 9.17) is 16.3 Å². The van der Waals surface area contributed by atoms with Gasteiger partial charge in [0.1, 0.15) is 0 Å². The molecule has 6 heteroatoms. The van der Waals surface area contributed by atoms with Gasteiger partial charge in [0.05, 0.1) is 13.2 Å². The molecule has 1 fully saturated rings. The van der Waals surface area contributed by atoms with Crippen LogP contribution < -0.4 is 10.6 Å². The molecule has 0 aliphatic carbocycles. The number of nitrogens with zero attached hydrogens (tertiary/aromatic N) is 1. The molecule has 0 saturated carbocycles. The zero-order chi connectivity index (χ0) is 16.3. The number of carbonyl (C=O) groups excluding carboxylic acids is 1. The van der Waals surface area contributed by atoms with Crippen molar-refractivity contribution in [2.24, 2.45) is 0 Å². The van der Waals surface area contributed by atoms with Gasteiger partial charge in [-0.15, -0.1) is 0 Å². The zero-order valence-electron chi connectivity index (χ0n) is 13.5. The number of rotatable bonds is 9. The lowest BCUT2D eigenvalue weighted by Crippen LogP contribution is -2.41. The van der Waals surface area contributed by atoms with Crippen LogP contribution in [0.25, 0.3) is 0 Å². The van der Waals surface area contributed by atoms with Gasteiger partial charge in [-0.1, -0.05) is 23.7 Å². The van der Waals surface area contributed by atoms with Crippen LogP contribution in [0.15, 0.2) is 24.3 Å². The maximum atomic E-state index is 11.7. The fourth-order valence-corrected chi connectivity index (χ4v) is 2.60. The zero-order valence-corrected chi connectivity index (χ0v) is 14.3.